The molecule has 0 spiro atoms. The van der Waals surface area contributed by atoms with Crippen molar-refractivity contribution in [3.63, 3.8) is 0 Å². The number of nitrogens with zero attached hydrogens (tertiary/aromatic N) is 3. The molecule has 2 heterocycles. The van der Waals surface area contributed by atoms with Crippen LogP contribution in [0.1, 0.15) is 31.4 Å². The molecule has 7 heteroatoms. The maximum absolute atomic E-state index is 5.52. The van der Waals surface area contributed by atoms with Crippen LogP contribution in [-0.4, -0.2) is 61.3 Å². The van der Waals surface area contributed by atoms with Crippen molar-refractivity contribution in [1.82, 2.24) is 20.5 Å². The van der Waals surface area contributed by atoms with Gasteiger partial charge in [0.25, 0.3) is 0 Å². The molecule has 1 aliphatic rings. The van der Waals surface area contributed by atoms with Gasteiger partial charge in [-0.3, -0.25) is 4.90 Å². The molecule has 1 saturated heterocycles. The predicted molar refractivity (Wildman–Crippen MR) is 124 cm³/mol. The fourth-order valence-corrected chi connectivity index (χ4v) is 3.74. The number of guanidine groups is 1. The Morgan fingerprint density at radius 1 is 1.16 bits per heavy atom. The summed E-state index contributed by atoms with van der Waals surface area (Å²) in [5, 5.41) is 6.98. The molecule has 2 atom stereocenters. The lowest BCUT2D eigenvalue weighted by Gasteiger charge is -2.21. The number of aromatic nitrogens is 1. The van der Waals surface area contributed by atoms with E-state index < -0.39 is 0 Å². The van der Waals surface area contributed by atoms with E-state index in [0.717, 1.165) is 37.6 Å². The van der Waals surface area contributed by atoms with E-state index in [2.05, 4.69) is 64.7 Å². The van der Waals surface area contributed by atoms with Gasteiger partial charge in [-0.2, -0.15) is 0 Å². The number of benzene rings is 1. The molecule has 168 valence electrons. The lowest BCUT2D eigenvalue weighted by Crippen LogP contribution is -2.44. The van der Waals surface area contributed by atoms with Gasteiger partial charge in [0.15, 0.2) is 5.96 Å². The standard InChI is InChI=1S/C24H35N5O2/c1-4-25-24(27-16-21-10-11-23(26-15-21)31-13-12-30-3)28-22-14-19(2)29(18-22)17-20-8-6-5-7-9-20/h5-11,15,19,22H,4,12-14,16-18H2,1-3H3,(H2,25,27,28). The SMILES string of the molecule is CCNC(=NCc1ccc(OCCOC)nc1)NC1CC(C)N(Cc2ccccc2)C1. The molecule has 0 aliphatic carbocycles. The lowest BCUT2D eigenvalue weighted by molar-refractivity contribution is 0.143. The maximum atomic E-state index is 5.52. The summed E-state index contributed by atoms with van der Waals surface area (Å²) in [5.74, 6) is 1.45. The first-order valence-corrected chi connectivity index (χ1v) is 11.1. The number of ether oxygens (including phenoxy) is 2. The molecule has 1 aliphatic heterocycles. The normalized spacial score (nSPS) is 19.4. The van der Waals surface area contributed by atoms with Gasteiger partial charge in [-0.05, 0) is 31.4 Å². The molecule has 2 unspecified atom stereocenters. The Kier molecular flexibility index (Phi) is 9.12. The molecule has 2 N–H and O–H groups in total. The highest BCUT2D eigenvalue weighted by atomic mass is 16.5. The third-order valence-electron chi connectivity index (χ3n) is 5.37. The summed E-state index contributed by atoms with van der Waals surface area (Å²) < 4.78 is 10.5. The van der Waals surface area contributed by atoms with Gasteiger partial charge < -0.3 is 20.1 Å². The Labute approximate surface area is 185 Å². The van der Waals surface area contributed by atoms with Gasteiger partial charge in [-0.25, -0.2) is 9.98 Å². The van der Waals surface area contributed by atoms with Crippen molar-refractivity contribution in [2.75, 3.05) is 33.4 Å². The van der Waals surface area contributed by atoms with E-state index in [1.54, 1.807) is 7.11 Å². The number of hydrogen-bond donors (Lipinski definition) is 2. The quantitative estimate of drug-likeness (QED) is 0.347. The molecule has 1 aromatic carbocycles. The van der Waals surface area contributed by atoms with Crippen LogP contribution in [0.2, 0.25) is 0 Å². The van der Waals surface area contributed by atoms with Crippen molar-refractivity contribution >= 4 is 5.96 Å². The van der Waals surface area contributed by atoms with Gasteiger partial charge >= 0.3 is 0 Å². The summed E-state index contributed by atoms with van der Waals surface area (Å²) in [6, 6.07) is 15.5. The number of hydrogen-bond acceptors (Lipinski definition) is 5. The van der Waals surface area contributed by atoms with E-state index in [-0.39, 0.29) is 0 Å². The van der Waals surface area contributed by atoms with Gasteiger partial charge in [-0.15, -0.1) is 0 Å². The second-order valence-electron chi connectivity index (χ2n) is 7.88. The summed E-state index contributed by atoms with van der Waals surface area (Å²) in [6.07, 6.45) is 2.92. The molecule has 0 radical (unpaired) electrons. The Morgan fingerprint density at radius 2 is 2.00 bits per heavy atom. The predicted octanol–water partition coefficient (Wildman–Crippen LogP) is 2.82. The third-order valence-corrected chi connectivity index (χ3v) is 5.37. The summed E-state index contributed by atoms with van der Waals surface area (Å²) in [5.41, 5.74) is 2.40. The monoisotopic (exact) mass is 425 g/mol. The van der Waals surface area contributed by atoms with Crippen LogP contribution in [0.4, 0.5) is 0 Å². The van der Waals surface area contributed by atoms with Crippen molar-refractivity contribution in [3.8, 4) is 5.88 Å². The van der Waals surface area contributed by atoms with Gasteiger partial charge in [0.2, 0.25) is 5.88 Å². The van der Waals surface area contributed by atoms with Gasteiger partial charge in [0.1, 0.15) is 6.61 Å². The fourth-order valence-electron chi connectivity index (χ4n) is 3.74. The van der Waals surface area contributed by atoms with E-state index in [9.17, 15) is 0 Å². The van der Waals surface area contributed by atoms with Crippen LogP contribution in [0.25, 0.3) is 0 Å². The lowest BCUT2D eigenvalue weighted by atomic mass is 10.2. The number of methoxy groups -OCH3 is 1. The first-order chi connectivity index (χ1) is 15.2. The van der Waals surface area contributed by atoms with E-state index in [1.165, 1.54) is 5.56 Å². The van der Waals surface area contributed by atoms with Crippen LogP contribution in [0.15, 0.2) is 53.7 Å². The minimum Gasteiger partial charge on any atom is -0.475 e. The number of likely N-dealkylation sites (tertiary alicyclic amines) is 1. The Hall–Kier alpha value is -2.64. The number of nitrogens with one attached hydrogen (secondary N) is 2. The molecule has 1 fully saturated rings. The van der Waals surface area contributed by atoms with Crippen LogP contribution in [0.3, 0.4) is 0 Å². The average Bonchev–Trinajstić information content (AvgIpc) is 3.12. The van der Waals surface area contributed by atoms with E-state index in [4.69, 9.17) is 14.5 Å². The van der Waals surface area contributed by atoms with E-state index in [0.29, 0.717) is 37.7 Å². The highest BCUT2D eigenvalue weighted by Gasteiger charge is 2.29. The molecule has 0 amide bonds. The van der Waals surface area contributed by atoms with Crippen LogP contribution >= 0.6 is 0 Å². The zero-order chi connectivity index (χ0) is 21.9. The van der Waals surface area contributed by atoms with Gasteiger partial charge in [0, 0.05) is 51.1 Å². The molecule has 7 nitrogen and oxygen atoms in total. The number of rotatable bonds is 10. The molecule has 3 rings (SSSR count). The van der Waals surface area contributed by atoms with Crippen molar-refractivity contribution in [3.05, 3.63) is 59.8 Å². The molecule has 1 aromatic heterocycles. The Morgan fingerprint density at radius 3 is 2.71 bits per heavy atom. The zero-order valence-corrected chi connectivity index (χ0v) is 18.9. The van der Waals surface area contributed by atoms with Crippen molar-refractivity contribution < 1.29 is 9.47 Å². The summed E-state index contributed by atoms with van der Waals surface area (Å²) in [4.78, 5) is 11.6. The molecular formula is C24H35N5O2. The van der Waals surface area contributed by atoms with Crippen LogP contribution < -0.4 is 15.4 Å². The first kappa shape index (κ1) is 23.0. The van der Waals surface area contributed by atoms with Crippen molar-refractivity contribution in [2.24, 2.45) is 4.99 Å². The summed E-state index contributed by atoms with van der Waals surface area (Å²) in [7, 11) is 1.65. The Bertz CT molecular complexity index is 797. The van der Waals surface area contributed by atoms with Gasteiger partial charge in [0.05, 0.1) is 13.2 Å². The maximum Gasteiger partial charge on any atom is 0.213 e. The van der Waals surface area contributed by atoms with Crippen molar-refractivity contribution in [2.45, 2.75) is 45.4 Å². The molecular weight excluding hydrogens is 390 g/mol. The fraction of sp³-hybridized carbons (Fsp3) is 0.500. The summed E-state index contributed by atoms with van der Waals surface area (Å²) in [6.45, 7) is 8.82. The Balaban J connectivity index is 1.52. The zero-order valence-electron chi connectivity index (χ0n) is 18.9. The minimum absolute atomic E-state index is 0.381. The summed E-state index contributed by atoms with van der Waals surface area (Å²) >= 11 is 0. The van der Waals surface area contributed by atoms with Crippen LogP contribution in [-0.2, 0) is 17.8 Å². The molecule has 2 aromatic rings. The minimum atomic E-state index is 0.381. The number of pyridine rings is 1. The molecule has 0 bridgehead atoms. The van der Waals surface area contributed by atoms with Crippen molar-refractivity contribution in [1.29, 1.82) is 0 Å². The third kappa shape index (κ3) is 7.52. The number of aliphatic imine (C=N–C) groups is 1. The average molecular weight is 426 g/mol. The van der Waals surface area contributed by atoms with E-state index >= 15 is 0 Å². The smallest absolute Gasteiger partial charge is 0.213 e. The molecule has 31 heavy (non-hydrogen) atoms. The largest absolute Gasteiger partial charge is 0.475 e. The van der Waals surface area contributed by atoms with E-state index in [1.807, 2.05) is 18.3 Å². The highest BCUT2D eigenvalue weighted by molar-refractivity contribution is 5.80. The second kappa shape index (κ2) is 12.3. The first-order valence-electron chi connectivity index (χ1n) is 11.1. The topological polar surface area (TPSA) is 71.0 Å². The van der Waals surface area contributed by atoms with Gasteiger partial charge in [-0.1, -0.05) is 36.4 Å². The second-order valence-corrected chi connectivity index (χ2v) is 7.88. The van der Waals surface area contributed by atoms with Crippen LogP contribution in [0.5, 0.6) is 5.88 Å². The molecule has 0 saturated carbocycles. The van der Waals surface area contributed by atoms with Crippen LogP contribution in [0, 0.1) is 0 Å². The highest BCUT2D eigenvalue weighted by Crippen LogP contribution is 2.20.